The number of anilines is 3. The molecule has 2 N–H and O–H groups in total. The highest BCUT2D eigenvalue weighted by Crippen LogP contribution is 2.38. The molecule has 0 radical (unpaired) electrons. The second-order valence-electron chi connectivity index (χ2n) is 6.93. The van der Waals surface area contributed by atoms with Gasteiger partial charge in [0, 0.05) is 24.0 Å². The molecule has 2 aromatic carbocycles. The fourth-order valence-corrected chi connectivity index (χ4v) is 3.95. The molecule has 1 unspecified atom stereocenters. The van der Waals surface area contributed by atoms with E-state index in [0.29, 0.717) is 11.3 Å². The highest BCUT2D eigenvalue weighted by molar-refractivity contribution is 6.27. The van der Waals surface area contributed by atoms with Gasteiger partial charge in [-0.1, -0.05) is 24.3 Å². The number of hydrogen-bond donors (Lipinski definition) is 2. The minimum Gasteiger partial charge on any atom is -0.368 e. The van der Waals surface area contributed by atoms with Crippen molar-refractivity contribution >= 4 is 39.8 Å². The average Bonchev–Trinajstić information content (AvgIpc) is 3.22. The molecule has 0 fully saturated rings. The molecule has 2 aliphatic rings. The summed E-state index contributed by atoms with van der Waals surface area (Å²) >= 11 is 0. The van der Waals surface area contributed by atoms with Gasteiger partial charge in [-0.25, -0.2) is 4.68 Å². The minimum atomic E-state index is -0.644. The molecule has 136 valence electrons. The maximum Gasteiger partial charge on any atom is 0.259 e. The molecule has 1 aromatic heterocycles. The molecule has 0 saturated heterocycles. The number of rotatable bonds is 3. The first-order valence-electron chi connectivity index (χ1n) is 9.11. The van der Waals surface area contributed by atoms with Crippen molar-refractivity contribution in [3.8, 4) is 0 Å². The number of carbonyl (C=O) groups is 2. The van der Waals surface area contributed by atoms with Crippen LogP contribution < -0.4 is 15.5 Å². The van der Waals surface area contributed by atoms with Crippen molar-refractivity contribution in [1.82, 2.24) is 9.78 Å². The van der Waals surface area contributed by atoms with Gasteiger partial charge in [0.15, 0.2) is 0 Å². The van der Waals surface area contributed by atoms with Crippen molar-refractivity contribution in [3.05, 3.63) is 48.2 Å². The molecule has 3 aromatic rings. The number of amides is 2. The second kappa shape index (κ2) is 5.84. The number of benzene rings is 2. The van der Waals surface area contributed by atoms with Gasteiger partial charge in [-0.3, -0.25) is 14.5 Å². The third kappa shape index (κ3) is 2.31. The molecular weight excluding hydrogens is 342 g/mol. The van der Waals surface area contributed by atoms with E-state index < -0.39 is 6.04 Å². The molecule has 27 heavy (non-hydrogen) atoms. The highest BCUT2D eigenvalue weighted by atomic mass is 16.2. The standard InChI is InChI=1S/C20H19N5O2/c1-12(19(26)23-15-11-22-24-10-4-9-21-18(15)24)25-16-8-3-6-13-5-2-7-14(17(13)16)20(25)27/h2-3,5-8,11-12,21H,4,9-10H2,1H3,(H,23,26). The van der Waals surface area contributed by atoms with Crippen molar-refractivity contribution in [2.75, 3.05) is 22.1 Å². The van der Waals surface area contributed by atoms with E-state index in [4.69, 9.17) is 0 Å². The van der Waals surface area contributed by atoms with Crippen LogP contribution in [0.3, 0.4) is 0 Å². The Morgan fingerprint density at radius 2 is 2.07 bits per heavy atom. The zero-order valence-electron chi connectivity index (χ0n) is 14.9. The maximum absolute atomic E-state index is 13.0. The summed E-state index contributed by atoms with van der Waals surface area (Å²) in [6.45, 7) is 3.43. The van der Waals surface area contributed by atoms with Gasteiger partial charge in [0.25, 0.3) is 5.91 Å². The lowest BCUT2D eigenvalue weighted by molar-refractivity contribution is -0.117. The average molecular weight is 361 g/mol. The Morgan fingerprint density at radius 1 is 1.26 bits per heavy atom. The van der Waals surface area contributed by atoms with Gasteiger partial charge in [0.2, 0.25) is 5.91 Å². The molecule has 0 bridgehead atoms. The van der Waals surface area contributed by atoms with Crippen LogP contribution >= 0.6 is 0 Å². The van der Waals surface area contributed by atoms with E-state index in [1.807, 2.05) is 41.1 Å². The van der Waals surface area contributed by atoms with E-state index in [1.54, 1.807) is 18.0 Å². The Bertz CT molecular complexity index is 1080. The molecule has 2 aliphatic heterocycles. The number of carbonyl (C=O) groups excluding carboxylic acids is 2. The van der Waals surface area contributed by atoms with Crippen LogP contribution in [0.5, 0.6) is 0 Å². The normalized spacial score (nSPS) is 16.2. The number of aryl methyl sites for hydroxylation is 1. The van der Waals surface area contributed by atoms with Crippen LogP contribution in [0.4, 0.5) is 17.2 Å². The van der Waals surface area contributed by atoms with Crippen molar-refractivity contribution in [2.24, 2.45) is 0 Å². The Morgan fingerprint density at radius 3 is 2.93 bits per heavy atom. The Kier molecular flexibility index (Phi) is 3.43. The van der Waals surface area contributed by atoms with Gasteiger partial charge >= 0.3 is 0 Å². The lowest BCUT2D eigenvalue weighted by Gasteiger charge is -2.25. The first kappa shape index (κ1) is 15.9. The second-order valence-corrected chi connectivity index (χ2v) is 6.93. The van der Waals surface area contributed by atoms with Gasteiger partial charge in [-0.15, -0.1) is 0 Å². The topological polar surface area (TPSA) is 79.3 Å². The monoisotopic (exact) mass is 361 g/mol. The van der Waals surface area contributed by atoms with Gasteiger partial charge in [0.05, 0.1) is 11.9 Å². The van der Waals surface area contributed by atoms with E-state index in [9.17, 15) is 9.59 Å². The largest absolute Gasteiger partial charge is 0.368 e. The maximum atomic E-state index is 13.0. The molecule has 7 nitrogen and oxygen atoms in total. The fourth-order valence-electron chi connectivity index (χ4n) is 3.95. The zero-order valence-corrected chi connectivity index (χ0v) is 14.9. The first-order valence-corrected chi connectivity index (χ1v) is 9.11. The van der Waals surface area contributed by atoms with E-state index >= 15 is 0 Å². The minimum absolute atomic E-state index is 0.139. The summed E-state index contributed by atoms with van der Waals surface area (Å²) in [5, 5.41) is 12.4. The first-order chi connectivity index (χ1) is 13.1. The summed E-state index contributed by atoms with van der Waals surface area (Å²) in [5.74, 6) is 0.441. The number of aromatic nitrogens is 2. The smallest absolute Gasteiger partial charge is 0.259 e. The van der Waals surface area contributed by atoms with Crippen molar-refractivity contribution in [3.63, 3.8) is 0 Å². The summed E-state index contributed by atoms with van der Waals surface area (Å²) in [4.78, 5) is 27.5. The molecule has 3 heterocycles. The molecular formula is C20H19N5O2. The number of nitrogens with zero attached hydrogens (tertiary/aromatic N) is 3. The predicted octanol–water partition coefficient (Wildman–Crippen LogP) is 2.84. The van der Waals surface area contributed by atoms with Crippen LogP contribution in [0.2, 0.25) is 0 Å². The third-order valence-electron chi connectivity index (χ3n) is 5.29. The predicted molar refractivity (Wildman–Crippen MR) is 104 cm³/mol. The summed E-state index contributed by atoms with van der Waals surface area (Å²) in [6, 6.07) is 10.8. The van der Waals surface area contributed by atoms with E-state index in [-0.39, 0.29) is 11.8 Å². The van der Waals surface area contributed by atoms with Crippen LogP contribution in [0.15, 0.2) is 42.6 Å². The molecule has 5 rings (SSSR count). The van der Waals surface area contributed by atoms with E-state index in [0.717, 1.165) is 41.8 Å². The quantitative estimate of drug-likeness (QED) is 0.752. The van der Waals surface area contributed by atoms with Crippen molar-refractivity contribution in [1.29, 1.82) is 0 Å². The van der Waals surface area contributed by atoms with Crippen LogP contribution in [0, 0.1) is 0 Å². The summed E-state index contributed by atoms with van der Waals surface area (Å²) in [5.41, 5.74) is 2.08. The van der Waals surface area contributed by atoms with Crippen LogP contribution in [0.25, 0.3) is 10.8 Å². The molecule has 0 saturated carbocycles. The van der Waals surface area contributed by atoms with Crippen LogP contribution in [0.1, 0.15) is 23.7 Å². The SMILES string of the molecule is CC(C(=O)Nc1cnn2c1NCCC2)N1C(=O)c2cccc3cccc1c23. The Hall–Kier alpha value is -3.35. The third-order valence-corrected chi connectivity index (χ3v) is 5.29. The van der Waals surface area contributed by atoms with Gasteiger partial charge in [-0.05, 0) is 30.9 Å². The fraction of sp³-hybridized carbons (Fsp3) is 0.250. The number of fused-ring (bicyclic) bond motifs is 1. The summed E-state index contributed by atoms with van der Waals surface area (Å²) in [7, 11) is 0. The van der Waals surface area contributed by atoms with Crippen LogP contribution in [-0.2, 0) is 11.3 Å². The summed E-state index contributed by atoms with van der Waals surface area (Å²) < 4.78 is 1.85. The highest BCUT2D eigenvalue weighted by Gasteiger charge is 2.36. The lowest BCUT2D eigenvalue weighted by Crippen LogP contribution is -2.44. The molecule has 1 atom stereocenters. The number of hydrogen-bond acceptors (Lipinski definition) is 4. The zero-order chi connectivity index (χ0) is 18.5. The van der Waals surface area contributed by atoms with E-state index in [1.165, 1.54) is 0 Å². The molecule has 0 spiro atoms. The number of nitrogens with one attached hydrogen (secondary N) is 2. The van der Waals surface area contributed by atoms with Gasteiger partial charge in [0.1, 0.15) is 17.5 Å². The summed E-state index contributed by atoms with van der Waals surface area (Å²) in [6.07, 6.45) is 2.66. The van der Waals surface area contributed by atoms with Gasteiger partial charge in [-0.2, -0.15) is 5.10 Å². The molecule has 2 amide bonds. The lowest BCUT2D eigenvalue weighted by atomic mass is 10.1. The van der Waals surface area contributed by atoms with Gasteiger partial charge < -0.3 is 10.6 Å². The van der Waals surface area contributed by atoms with E-state index in [2.05, 4.69) is 15.7 Å². The Balaban J connectivity index is 1.45. The molecule has 7 heteroatoms. The van der Waals surface area contributed by atoms with Crippen LogP contribution in [-0.4, -0.2) is 34.2 Å². The Labute approximate surface area is 156 Å². The van der Waals surface area contributed by atoms with Crippen molar-refractivity contribution < 1.29 is 9.59 Å². The molecule has 0 aliphatic carbocycles. The van der Waals surface area contributed by atoms with Crippen molar-refractivity contribution in [2.45, 2.75) is 25.9 Å².